The lowest BCUT2D eigenvalue weighted by atomic mass is 9.96. The molecule has 0 bridgehead atoms. The Balaban J connectivity index is 1.86. The van der Waals surface area contributed by atoms with E-state index in [0.29, 0.717) is 40.8 Å². The van der Waals surface area contributed by atoms with Crippen molar-refractivity contribution in [2.24, 2.45) is 0 Å². The molecule has 0 saturated carbocycles. The van der Waals surface area contributed by atoms with Gasteiger partial charge in [-0.2, -0.15) is 0 Å². The van der Waals surface area contributed by atoms with Crippen LogP contribution in [-0.2, 0) is 5.88 Å². The van der Waals surface area contributed by atoms with Crippen LogP contribution in [0.15, 0.2) is 40.2 Å². The molecule has 160 valence electrons. The van der Waals surface area contributed by atoms with E-state index < -0.39 is 23.0 Å². The third kappa shape index (κ3) is 3.11. The van der Waals surface area contributed by atoms with Gasteiger partial charge in [0.25, 0.3) is 0 Å². The third-order valence-electron chi connectivity index (χ3n) is 5.95. The van der Waals surface area contributed by atoms with Gasteiger partial charge in [0.1, 0.15) is 11.4 Å². The van der Waals surface area contributed by atoms with Crippen molar-refractivity contribution < 1.29 is 18.7 Å². The van der Waals surface area contributed by atoms with Gasteiger partial charge in [-0.1, -0.05) is 23.9 Å². The van der Waals surface area contributed by atoms with Gasteiger partial charge in [-0.25, -0.2) is 13.6 Å². The van der Waals surface area contributed by atoms with Crippen LogP contribution in [0.3, 0.4) is 0 Å². The Morgan fingerprint density at radius 1 is 1.10 bits per heavy atom. The van der Waals surface area contributed by atoms with Crippen LogP contribution < -0.4 is 10.3 Å². The Hall–Kier alpha value is -2.91. The van der Waals surface area contributed by atoms with Crippen LogP contribution in [0.4, 0.5) is 14.5 Å². The van der Waals surface area contributed by atoms with Gasteiger partial charge in [-0.15, -0.1) is 0 Å². The second-order valence-corrected chi connectivity index (χ2v) is 8.73. The van der Waals surface area contributed by atoms with Crippen LogP contribution in [0.2, 0.25) is 0 Å². The van der Waals surface area contributed by atoms with E-state index in [-0.39, 0.29) is 16.5 Å². The fourth-order valence-electron chi connectivity index (χ4n) is 4.23. The summed E-state index contributed by atoms with van der Waals surface area (Å²) in [6.07, 6.45) is 0. The maximum atomic E-state index is 16.0. The Morgan fingerprint density at radius 3 is 2.35 bits per heavy atom. The van der Waals surface area contributed by atoms with E-state index in [2.05, 4.69) is 4.90 Å². The normalized spacial score (nSPS) is 16.3. The summed E-state index contributed by atoms with van der Waals surface area (Å²) in [6.45, 7) is 2.80. The van der Waals surface area contributed by atoms with E-state index in [0.717, 1.165) is 13.1 Å². The van der Waals surface area contributed by atoms with Crippen LogP contribution in [0, 0.1) is 11.6 Å². The van der Waals surface area contributed by atoms with Gasteiger partial charge < -0.3 is 19.5 Å². The number of likely N-dealkylation sites (N-methyl/N-ethyl adjacent to an activating group) is 1. The predicted molar refractivity (Wildman–Crippen MR) is 116 cm³/mol. The van der Waals surface area contributed by atoms with Gasteiger partial charge in [0.15, 0.2) is 5.82 Å². The largest absolute Gasteiger partial charge is 0.477 e. The number of nitrogens with zero attached hydrogens (tertiary/aromatic N) is 3. The minimum absolute atomic E-state index is 0.0171. The van der Waals surface area contributed by atoms with Crippen molar-refractivity contribution in [2.45, 2.75) is 10.9 Å². The Morgan fingerprint density at radius 2 is 1.77 bits per heavy atom. The number of thioether (sulfide) groups is 1. The number of anilines is 1. The average molecular weight is 443 g/mol. The number of carboxylic acids is 1. The molecule has 1 aromatic heterocycles. The average Bonchev–Trinajstić information content (AvgIpc) is 2.72. The highest BCUT2D eigenvalue weighted by molar-refractivity contribution is 7.99. The minimum Gasteiger partial charge on any atom is -0.477 e. The smallest absolute Gasteiger partial charge is 0.342 e. The summed E-state index contributed by atoms with van der Waals surface area (Å²) in [5.41, 5.74) is 0.155. The zero-order valence-corrected chi connectivity index (χ0v) is 17.5. The van der Waals surface area contributed by atoms with Gasteiger partial charge in [-0.3, -0.25) is 4.79 Å². The lowest BCUT2D eigenvalue weighted by Gasteiger charge is -2.35. The molecule has 3 aromatic rings. The van der Waals surface area contributed by atoms with Crippen molar-refractivity contribution in [1.29, 1.82) is 0 Å². The molecule has 31 heavy (non-hydrogen) atoms. The van der Waals surface area contributed by atoms with Crippen LogP contribution >= 0.6 is 11.8 Å². The summed E-state index contributed by atoms with van der Waals surface area (Å²) in [7, 11) is 2.00. The quantitative estimate of drug-likeness (QED) is 0.669. The number of fused-ring (bicyclic) bond motifs is 3. The number of aromatic nitrogens is 1. The Labute approximate surface area is 180 Å². The van der Waals surface area contributed by atoms with Crippen LogP contribution in [0.1, 0.15) is 10.4 Å². The molecular formula is C22H19F2N3O3S. The summed E-state index contributed by atoms with van der Waals surface area (Å²) in [5, 5.41) is 10.0. The summed E-state index contributed by atoms with van der Waals surface area (Å²) in [5.74, 6) is -1.93. The summed E-state index contributed by atoms with van der Waals surface area (Å²) < 4.78 is 31.3. The maximum Gasteiger partial charge on any atom is 0.342 e. The molecule has 3 heterocycles. The molecular weight excluding hydrogens is 424 g/mol. The van der Waals surface area contributed by atoms with Gasteiger partial charge >= 0.3 is 5.97 Å². The first-order valence-corrected chi connectivity index (χ1v) is 10.8. The number of carboxylic acid groups (broad SMARTS) is 1. The zero-order chi connectivity index (χ0) is 21.9. The number of aromatic carboxylic acids is 1. The topological polar surface area (TPSA) is 65.8 Å². The molecule has 0 amide bonds. The number of halogens is 2. The molecule has 5 rings (SSSR count). The molecule has 1 N–H and O–H groups in total. The molecule has 0 spiro atoms. The molecule has 0 radical (unpaired) electrons. The fraction of sp³-hybridized carbons (Fsp3) is 0.273. The molecule has 0 aliphatic carbocycles. The molecule has 1 fully saturated rings. The van der Waals surface area contributed by atoms with E-state index in [4.69, 9.17) is 0 Å². The minimum atomic E-state index is -1.34. The highest BCUT2D eigenvalue weighted by Gasteiger charge is 2.32. The monoisotopic (exact) mass is 443 g/mol. The lowest BCUT2D eigenvalue weighted by Crippen LogP contribution is -2.45. The first-order chi connectivity index (χ1) is 14.9. The van der Waals surface area contributed by atoms with E-state index in [1.165, 1.54) is 36.0 Å². The molecule has 2 aliphatic rings. The SMILES string of the molecule is CN1CCN(c2cc3c(c(-c4ccc(F)cc4)c2F)c(=O)c(C(=O)O)c2n3CS2)CC1. The van der Waals surface area contributed by atoms with Gasteiger partial charge in [-0.05, 0) is 30.8 Å². The van der Waals surface area contributed by atoms with Crippen LogP contribution in [-0.4, -0.2) is 53.8 Å². The first-order valence-electron chi connectivity index (χ1n) is 9.85. The molecule has 2 aliphatic heterocycles. The lowest BCUT2D eigenvalue weighted by molar-refractivity contribution is 0.0689. The van der Waals surface area contributed by atoms with Crippen LogP contribution in [0.25, 0.3) is 22.0 Å². The van der Waals surface area contributed by atoms with Crippen molar-refractivity contribution in [1.82, 2.24) is 9.47 Å². The van der Waals surface area contributed by atoms with Crippen molar-refractivity contribution in [2.75, 3.05) is 38.1 Å². The highest BCUT2D eigenvalue weighted by atomic mass is 32.2. The number of piperazine rings is 1. The van der Waals surface area contributed by atoms with Crippen molar-refractivity contribution >= 4 is 34.3 Å². The second kappa shape index (κ2) is 7.35. The number of benzene rings is 2. The molecule has 1 saturated heterocycles. The summed E-state index contributed by atoms with van der Waals surface area (Å²) >= 11 is 1.28. The molecule has 9 heteroatoms. The Kier molecular flexibility index (Phi) is 4.75. The summed E-state index contributed by atoms with van der Waals surface area (Å²) in [6, 6.07) is 6.89. The predicted octanol–water partition coefficient (Wildman–Crippen LogP) is 3.46. The van der Waals surface area contributed by atoms with E-state index in [9.17, 15) is 19.1 Å². The van der Waals surface area contributed by atoms with E-state index in [1.807, 2.05) is 11.9 Å². The second-order valence-electron chi connectivity index (χ2n) is 7.79. The third-order valence-corrected chi connectivity index (χ3v) is 7.03. The van der Waals surface area contributed by atoms with E-state index >= 15 is 4.39 Å². The summed E-state index contributed by atoms with van der Waals surface area (Å²) in [4.78, 5) is 29.2. The number of hydrogen-bond acceptors (Lipinski definition) is 5. The number of rotatable bonds is 3. The highest BCUT2D eigenvalue weighted by Crippen LogP contribution is 2.42. The van der Waals surface area contributed by atoms with Gasteiger partial charge in [0.2, 0.25) is 5.43 Å². The standard InChI is InChI=1S/C22H19F2N3O3S/c1-25-6-8-26(9-7-25)15-10-14-17(16(19(15)24)12-2-4-13(23)5-3-12)20(28)18(22(29)30)21-27(14)11-31-21/h2-5,10H,6-9,11H2,1H3,(H,29,30). The zero-order valence-electron chi connectivity index (χ0n) is 16.7. The number of pyridine rings is 1. The van der Waals surface area contributed by atoms with Crippen molar-refractivity contribution in [3.05, 3.63) is 57.8 Å². The number of carbonyl (C=O) groups is 1. The number of hydrogen-bond donors (Lipinski definition) is 1. The first kappa shape index (κ1) is 20.0. The van der Waals surface area contributed by atoms with E-state index in [1.54, 1.807) is 10.6 Å². The fourth-order valence-corrected chi connectivity index (χ4v) is 5.18. The van der Waals surface area contributed by atoms with Crippen molar-refractivity contribution in [3.8, 4) is 11.1 Å². The molecule has 2 aromatic carbocycles. The van der Waals surface area contributed by atoms with Gasteiger partial charge in [0, 0.05) is 31.7 Å². The maximum absolute atomic E-state index is 16.0. The van der Waals surface area contributed by atoms with Crippen molar-refractivity contribution in [3.63, 3.8) is 0 Å². The van der Waals surface area contributed by atoms with Crippen LogP contribution in [0.5, 0.6) is 0 Å². The van der Waals surface area contributed by atoms with Gasteiger partial charge in [0.05, 0.1) is 27.5 Å². The molecule has 0 atom stereocenters. The molecule has 6 nitrogen and oxygen atoms in total. The molecule has 0 unspecified atom stereocenters. The Bertz CT molecular complexity index is 1280.